The summed E-state index contributed by atoms with van der Waals surface area (Å²) in [6.45, 7) is 4.50. The van der Waals surface area contributed by atoms with Crippen molar-refractivity contribution < 1.29 is 17.9 Å². The first-order chi connectivity index (χ1) is 19.2. The van der Waals surface area contributed by atoms with E-state index in [9.17, 15) is 13.2 Å². The van der Waals surface area contributed by atoms with Gasteiger partial charge in [-0.3, -0.25) is 19.4 Å². The lowest BCUT2D eigenvalue weighted by atomic mass is 9.72. The molecule has 2 heterocycles. The fraction of sp³-hybridized carbons (Fsp3) is 0.290. The van der Waals surface area contributed by atoms with Crippen LogP contribution in [0, 0.1) is 6.92 Å². The summed E-state index contributed by atoms with van der Waals surface area (Å²) >= 11 is 0. The van der Waals surface area contributed by atoms with E-state index >= 15 is 0 Å². The second-order valence-corrected chi connectivity index (χ2v) is 12.1. The highest BCUT2D eigenvalue weighted by Gasteiger charge is 2.43. The Morgan fingerprint density at radius 1 is 0.975 bits per heavy atom. The Labute approximate surface area is 235 Å². The van der Waals surface area contributed by atoms with Gasteiger partial charge in [0.1, 0.15) is 12.4 Å². The van der Waals surface area contributed by atoms with Crippen LogP contribution in [0.5, 0.6) is 5.75 Å². The van der Waals surface area contributed by atoms with Gasteiger partial charge in [0, 0.05) is 35.1 Å². The molecule has 0 radical (unpaired) electrons. The van der Waals surface area contributed by atoms with Crippen molar-refractivity contribution in [2.45, 2.75) is 25.2 Å². The number of benzene rings is 3. The fourth-order valence-corrected chi connectivity index (χ4v) is 5.88. The molecular formula is C31H34N4O4S. The van der Waals surface area contributed by atoms with Crippen molar-refractivity contribution in [1.82, 2.24) is 14.6 Å². The van der Waals surface area contributed by atoms with Crippen molar-refractivity contribution >= 4 is 38.2 Å². The lowest BCUT2D eigenvalue weighted by Gasteiger charge is -2.40. The van der Waals surface area contributed by atoms with E-state index in [1.54, 1.807) is 0 Å². The van der Waals surface area contributed by atoms with Gasteiger partial charge in [0.15, 0.2) is 0 Å². The monoisotopic (exact) mass is 558 g/mol. The molecule has 8 nitrogen and oxygen atoms in total. The number of rotatable bonds is 9. The number of hydrogen-bond acceptors (Lipinski definition) is 7. The summed E-state index contributed by atoms with van der Waals surface area (Å²) in [6.07, 6.45) is 2.06. The molecule has 0 unspecified atom stereocenters. The number of nitrogens with one attached hydrogen (secondary N) is 2. The normalized spacial score (nSPS) is 15.4. The number of aryl methyl sites for hydroxylation is 1. The van der Waals surface area contributed by atoms with Crippen molar-refractivity contribution in [2.24, 2.45) is 0 Å². The van der Waals surface area contributed by atoms with E-state index < -0.39 is 21.3 Å². The van der Waals surface area contributed by atoms with Gasteiger partial charge in [0.25, 0.3) is 0 Å². The highest BCUT2D eigenvalue weighted by Crippen LogP contribution is 2.36. The Morgan fingerprint density at radius 3 is 2.45 bits per heavy atom. The third-order valence-electron chi connectivity index (χ3n) is 7.38. The number of fused-ring (bicyclic) bond motifs is 1. The summed E-state index contributed by atoms with van der Waals surface area (Å²) in [5.41, 5.74) is 3.78. The highest BCUT2D eigenvalue weighted by molar-refractivity contribution is 7.89. The molecule has 1 aliphatic rings. The van der Waals surface area contributed by atoms with Gasteiger partial charge in [-0.15, -0.1) is 0 Å². The number of nitrogens with zero attached hydrogens (tertiary/aromatic N) is 2. The van der Waals surface area contributed by atoms with E-state index in [-0.39, 0.29) is 0 Å². The van der Waals surface area contributed by atoms with Gasteiger partial charge in [0.2, 0.25) is 15.9 Å². The maximum absolute atomic E-state index is 13.2. The van der Waals surface area contributed by atoms with Crippen molar-refractivity contribution in [1.29, 1.82) is 0 Å². The zero-order valence-electron chi connectivity index (χ0n) is 22.8. The van der Waals surface area contributed by atoms with Crippen LogP contribution in [0.3, 0.4) is 0 Å². The van der Waals surface area contributed by atoms with E-state index in [1.165, 1.54) is 0 Å². The molecule has 208 valence electrons. The molecule has 1 amide bonds. The van der Waals surface area contributed by atoms with Crippen molar-refractivity contribution in [3.8, 4) is 5.75 Å². The summed E-state index contributed by atoms with van der Waals surface area (Å²) < 4.78 is 32.0. The average Bonchev–Trinajstić information content (AvgIpc) is 2.93. The molecule has 0 aliphatic carbocycles. The van der Waals surface area contributed by atoms with Crippen LogP contribution in [0.1, 0.15) is 24.1 Å². The minimum Gasteiger partial charge on any atom is -0.492 e. The zero-order chi connectivity index (χ0) is 28.2. The Hall–Kier alpha value is -3.95. The Kier molecular flexibility index (Phi) is 8.04. The van der Waals surface area contributed by atoms with Crippen molar-refractivity contribution in [3.63, 3.8) is 0 Å². The van der Waals surface area contributed by atoms with Gasteiger partial charge in [0.05, 0.1) is 17.2 Å². The summed E-state index contributed by atoms with van der Waals surface area (Å²) in [5, 5.41) is 4.56. The summed E-state index contributed by atoms with van der Waals surface area (Å²) in [4.78, 5) is 20.0. The molecule has 1 fully saturated rings. The molecule has 0 saturated carbocycles. The first kappa shape index (κ1) is 27.6. The van der Waals surface area contributed by atoms with E-state index in [1.807, 2.05) is 85.8 Å². The maximum atomic E-state index is 13.2. The van der Waals surface area contributed by atoms with Gasteiger partial charge >= 0.3 is 0 Å². The second kappa shape index (κ2) is 11.7. The minimum atomic E-state index is -3.66. The third-order valence-corrected chi connectivity index (χ3v) is 7.94. The van der Waals surface area contributed by atoms with E-state index in [4.69, 9.17) is 4.74 Å². The summed E-state index contributed by atoms with van der Waals surface area (Å²) in [5.74, 6) is 0.307. The molecule has 3 aromatic carbocycles. The number of anilines is 2. The number of likely N-dealkylation sites (tertiary alicyclic amines) is 1. The van der Waals surface area contributed by atoms with Gasteiger partial charge < -0.3 is 10.1 Å². The van der Waals surface area contributed by atoms with Crippen LogP contribution >= 0.6 is 0 Å². The first-order valence-corrected chi connectivity index (χ1v) is 15.3. The Morgan fingerprint density at radius 2 is 1.70 bits per heavy atom. The van der Waals surface area contributed by atoms with Crippen LogP contribution in [0.15, 0.2) is 84.9 Å². The van der Waals surface area contributed by atoms with Crippen LogP contribution in [-0.4, -0.2) is 56.7 Å². The molecular weight excluding hydrogens is 524 g/mol. The van der Waals surface area contributed by atoms with Crippen LogP contribution in [0.4, 0.5) is 11.4 Å². The predicted octanol–water partition coefficient (Wildman–Crippen LogP) is 4.78. The number of hydrogen-bond donors (Lipinski definition) is 2. The summed E-state index contributed by atoms with van der Waals surface area (Å²) in [6, 6.07) is 27.4. The molecule has 4 aromatic rings. The quantitative estimate of drug-likeness (QED) is 0.305. The molecule has 2 N–H and O–H groups in total. The molecule has 5 rings (SSSR count). The minimum absolute atomic E-state index is 0.460. The number of pyridine rings is 1. The van der Waals surface area contributed by atoms with Crippen molar-refractivity contribution in [2.75, 3.05) is 37.8 Å². The number of carbonyl (C=O) groups excluding carboxylic acids is 1. The van der Waals surface area contributed by atoms with E-state index in [2.05, 4.69) is 26.0 Å². The number of para-hydroxylation sites is 1. The number of sulfonamides is 1. The number of ether oxygens (including phenoxy) is 1. The maximum Gasteiger partial charge on any atom is 0.244 e. The van der Waals surface area contributed by atoms with E-state index in [0.717, 1.165) is 45.5 Å². The van der Waals surface area contributed by atoms with Gasteiger partial charge in [-0.1, -0.05) is 54.6 Å². The van der Waals surface area contributed by atoms with Crippen LogP contribution in [0.2, 0.25) is 0 Å². The fourth-order valence-electron chi connectivity index (χ4n) is 5.35. The number of amides is 1. The van der Waals surface area contributed by atoms with Gasteiger partial charge in [-0.2, -0.15) is 0 Å². The van der Waals surface area contributed by atoms with Crippen LogP contribution < -0.4 is 14.8 Å². The average molecular weight is 559 g/mol. The Bertz CT molecular complexity index is 1600. The highest BCUT2D eigenvalue weighted by atomic mass is 32.2. The lowest BCUT2D eigenvalue weighted by molar-refractivity contribution is -0.126. The zero-order valence-corrected chi connectivity index (χ0v) is 23.6. The molecule has 1 aromatic heterocycles. The van der Waals surface area contributed by atoms with E-state index in [0.29, 0.717) is 39.1 Å². The number of piperidine rings is 1. The summed E-state index contributed by atoms with van der Waals surface area (Å²) in [7, 11) is -3.66. The molecule has 1 aliphatic heterocycles. The first-order valence-electron chi connectivity index (χ1n) is 13.4. The third kappa shape index (κ3) is 6.43. The SMILES string of the molecule is Cc1cc(Nc2cccc(OCCN3CCC(C(=O)NS(C)(=O)=O)(c4ccccc4)CC3)c2)c2ccccc2n1. The molecule has 1 saturated heterocycles. The lowest BCUT2D eigenvalue weighted by Crippen LogP contribution is -2.53. The Balaban J connectivity index is 1.20. The van der Waals surface area contributed by atoms with Crippen LogP contribution in [-0.2, 0) is 20.2 Å². The largest absolute Gasteiger partial charge is 0.492 e. The number of aromatic nitrogens is 1. The number of carbonyl (C=O) groups is 1. The second-order valence-electron chi connectivity index (χ2n) is 10.3. The molecule has 9 heteroatoms. The van der Waals surface area contributed by atoms with Crippen LogP contribution in [0.25, 0.3) is 10.9 Å². The molecule has 0 spiro atoms. The van der Waals surface area contributed by atoms with Gasteiger partial charge in [-0.05, 0) is 62.7 Å². The molecule has 0 atom stereocenters. The van der Waals surface area contributed by atoms with Crippen molar-refractivity contribution in [3.05, 3.63) is 96.2 Å². The predicted molar refractivity (Wildman–Crippen MR) is 158 cm³/mol. The molecule has 40 heavy (non-hydrogen) atoms. The smallest absolute Gasteiger partial charge is 0.244 e. The standard InChI is InChI=1S/C31H34N4O4S/c1-23-21-29(27-13-6-7-14-28(27)32-23)33-25-11-8-12-26(22-25)39-20-19-35-17-15-31(16-18-35,24-9-4-3-5-10-24)30(36)34-40(2,37)38/h3-14,21-22H,15-20H2,1-2H3,(H,32,33)(H,34,36). The van der Waals surface area contributed by atoms with Gasteiger partial charge in [-0.25, -0.2) is 8.42 Å². The topological polar surface area (TPSA) is 101 Å². The molecule has 0 bridgehead atoms.